The lowest BCUT2D eigenvalue weighted by Gasteiger charge is -2.16. The molecule has 1 aromatic heterocycles. The van der Waals surface area contributed by atoms with Gasteiger partial charge >= 0.3 is 0 Å². The zero-order valence-corrected chi connectivity index (χ0v) is 13.4. The first kappa shape index (κ1) is 14.7. The van der Waals surface area contributed by atoms with Crippen molar-refractivity contribution in [1.82, 2.24) is 15.5 Å². The van der Waals surface area contributed by atoms with Gasteiger partial charge in [0.25, 0.3) is 0 Å². The third-order valence-electron chi connectivity index (χ3n) is 3.91. The summed E-state index contributed by atoms with van der Waals surface area (Å²) in [4.78, 5) is 4.52. The molecule has 1 aliphatic carbocycles. The van der Waals surface area contributed by atoms with Crippen molar-refractivity contribution in [2.75, 3.05) is 6.54 Å². The fraction of sp³-hybridized carbons (Fsp3) is 0.467. The molecule has 21 heavy (non-hydrogen) atoms. The maximum atomic E-state index is 13.1. The number of halogens is 2. The Morgan fingerprint density at radius 2 is 2.29 bits per heavy atom. The summed E-state index contributed by atoms with van der Waals surface area (Å²) in [5, 5.41) is 7.52. The largest absolute Gasteiger partial charge is 0.339 e. The van der Waals surface area contributed by atoms with E-state index >= 15 is 0 Å². The minimum Gasteiger partial charge on any atom is -0.339 e. The Kier molecular flexibility index (Phi) is 4.35. The average Bonchev–Trinajstić information content (AvgIpc) is 3.07. The Morgan fingerprint density at radius 1 is 1.43 bits per heavy atom. The predicted molar refractivity (Wildman–Crippen MR) is 81.4 cm³/mol. The SMILES string of the molecule is CCNC1CCCC1c1nc(-c2ccc(F)cc2Br)no1. The molecule has 1 N–H and O–H groups in total. The molecule has 112 valence electrons. The highest BCUT2D eigenvalue weighted by atomic mass is 79.9. The van der Waals surface area contributed by atoms with E-state index in [0.29, 0.717) is 22.2 Å². The summed E-state index contributed by atoms with van der Waals surface area (Å²) in [5.74, 6) is 1.14. The summed E-state index contributed by atoms with van der Waals surface area (Å²) in [5.41, 5.74) is 0.740. The second-order valence-corrected chi connectivity index (χ2v) is 6.14. The smallest absolute Gasteiger partial charge is 0.231 e. The van der Waals surface area contributed by atoms with Gasteiger partial charge in [-0.1, -0.05) is 18.5 Å². The molecule has 0 aliphatic heterocycles. The Hall–Kier alpha value is -1.27. The Bertz CT molecular complexity index is 631. The first-order valence-corrected chi connectivity index (χ1v) is 8.00. The van der Waals surface area contributed by atoms with E-state index in [9.17, 15) is 4.39 Å². The van der Waals surface area contributed by atoms with Gasteiger partial charge in [0, 0.05) is 16.1 Å². The molecule has 0 bridgehead atoms. The van der Waals surface area contributed by atoms with Crippen LogP contribution in [-0.2, 0) is 0 Å². The Balaban J connectivity index is 1.86. The van der Waals surface area contributed by atoms with Crippen LogP contribution in [0.4, 0.5) is 4.39 Å². The fourth-order valence-corrected chi connectivity index (χ4v) is 3.46. The fourth-order valence-electron chi connectivity index (χ4n) is 2.93. The molecular weight excluding hydrogens is 337 g/mol. The zero-order valence-electron chi connectivity index (χ0n) is 11.8. The molecule has 0 amide bonds. The van der Waals surface area contributed by atoms with Crippen LogP contribution in [0.25, 0.3) is 11.4 Å². The summed E-state index contributed by atoms with van der Waals surface area (Å²) < 4.78 is 19.2. The van der Waals surface area contributed by atoms with Crippen molar-refractivity contribution in [2.24, 2.45) is 0 Å². The highest BCUT2D eigenvalue weighted by Gasteiger charge is 2.32. The third-order valence-corrected chi connectivity index (χ3v) is 4.57. The van der Waals surface area contributed by atoms with E-state index in [2.05, 4.69) is 38.3 Å². The quantitative estimate of drug-likeness (QED) is 0.905. The van der Waals surface area contributed by atoms with Crippen LogP contribution < -0.4 is 5.32 Å². The lowest BCUT2D eigenvalue weighted by atomic mass is 10.0. The van der Waals surface area contributed by atoms with E-state index < -0.39 is 0 Å². The van der Waals surface area contributed by atoms with Crippen LogP contribution in [0.2, 0.25) is 0 Å². The molecule has 1 heterocycles. The second kappa shape index (κ2) is 6.23. The van der Waals surface area contributed by atoms with Crippen molar-refractivity contribution in [3.05, 3.63) is 34.4 Å². The van der Waals surface area contributed by atoms with E-state index in [-0.39, 0.29) is 11.7 Å². The minimum atomic E-state index is -0.294. The lowest BCUT2D eigenvalue weighted by molar-refractivity contribution is 0.332. The van der Waals surface area contributed by atoms with Crippen molar-refractivity contribution in [3.8, 4) is 11.4 Å². The molecule has 3 rings (SSSR count). The summed E-state index contributed by atoms with van der Waals surface area (Å²) in [6.07, 6.45) is 3.36. The first-order valence-electron chi connectivity index (χ1n) is 7.21. The van der Waals surface area contributed by atoms with Gasteiger partial charge in [-0.25, -0.2) is 4.39 Å². The zero-order chi connectivity index (χ0) is 14.8. The van der Waals surface area contributed by atoms with E-state index in [4.69, 9.17) is 4.52 Å². The molecule has 1 saturated carbocycles. The lowest BCUT2D eigenvalue weighted by Crippen LogP contribution is -2.31. The van der Waals surface area contributed by atoms with Crippen LogP contribution in [0.15, 0.2) is 27.2 Å². The van der Waals surface area contributed by atoms with Gasteiger partial charge in [0.15, 0.2) is 0 Å². The number of aromatic nitrogens is 2. The van der Waals surface area contributed by atoms with E-state index in [0.717, 1.165) is 24.9 Å². The third kappa shape index (κ3) is 3.01. The number of nitrogens with one attached hydrogen (secondary N) is 1. The van der Waals surface area contributed by atoms with Gasteiger partial charge in [0.2, 0.25) is 11.7 Å². The molecule has 4 nitrogen and oxygen atoms in total. The molecule has 2 atom stereocenters. The maximum absolute atomic E-state index is 13.1. The number of rotatable bonds is 4. The Morgan fingerprint density at radius 3 is 3.05 bits per heavy atom. The van der Waals surface area contributed by atoms with Gasteiger partial charge in [-0.05, 0) is 53.5 Å². The van der Waals surface area contributed by atoms with Crippen molar-refractivity contribution < 1.29 is 8.91 Å². The molecular formula is C15H17BrFN3O. The van der Waals surface area contributed by atoms with E-state index in [1.54, 1.807) is 6.07 Å². The van der Waals surface area contributed by atoms with Gasteiger partial charge in [0.05, 0.1) is 5.92 Å². The van der Waals surface area contributed by atoms with Gasteiger partial charge in [-0.15, -0.1) is 0 Å². The van der Waals surface area contributed by atoms with Crippen LogP contribution in [-0.4, -0.2) is 22.7 Å². The van der Waals surface area contributed by atoms with Crippen LogP contribution in [0.3, 0.4) is 0 Å². The minimum absolute atomic E-state index is 0.269. The molecule has 1 aliphatic rings. The predicted octanol–water partition coefficient (Wildman–Crippen LogP) is 3.88. The molecule has 2 aromatic rings. The van der Waals surface area contributed by atoms with Crippen molar-refractivity contribution in [1.29, 1.82) is 0 Å². The van der Waals surface area contributed by atoms with Crippen molar-refractivity contribution in [3.63, 3.8) is 0 Å². The van der Waals surface area contributed by atoms with Crippen LogP contribution in [0.5, 0.6) is 0 Å². The van der Waals surface area contributed by atoms with Crippen molar-refractivity contribution in [2.45, 2.75) is 38.1 Å². The van der Waals surface area contributed by atoms with Gasteiger partial charge in [0.1, 0.15) is 5.82 Å². The highest BCUT2D eigenvalue weighted by Crippen LogP contribution is 2.35. The summed E-state index contributed by atoms with van der Waals surface area (Å²) in [6.45, 7) is 3.04. The summed E-state index contributed by atoms with van der Waals surface area (Å²) in [7, 11) is 0. The second-order valence-electron chi connectivity index (χ2n) is 5.28. The first-order chi connectivity index (χ1) is 10.2. The van der Waals surface area contributed by atoms with E-state index in [1.165, 1.54) is 18.6 Å². The molecule has 0 spiro atoms. The molecule has 2 unspecified atom stereocenters. The maximum Gasteiger partial charge on any atom is 0.231 e. The normalized spacial score (nSPS) is 21.9. The highest BCUT2D eigenvalue weighted by molar-refractivity contribution is 9.10. The van der Waals surface area contributed by atoms with Crippen LogP contribution >= 0.6 is 15.9 Å². The molecule has 6 heteroatoms. The number of likely N-dealkylation sites (N-methyl/N-ethyl adjacent to an activating group) is 1. The summed E-state index contributed by atoms with van der Waals surface area (Å²) >= 11 is 3.34. The van der Waals surface area contributed by atoms with Crippen LogP contribution in [0, 0.1) is 5.82 Å². The number of nitrogens with zero attached hydrogens (tertiary/aromatic N) is 2. The van der Waals surface area contributed by atoms with Crippen LogP contribution in [0.1, 0.15) is 38.0 Å². The van der Waals surface area contributed by atoms with Crippen molar-refractivity contribution >= 4 is 15.9 Å². The average molecular weight is 354 g/mol. The Labute approximate surface area is 131 Å². The molecule has 0 saturated heterocycles. The monoisotopic (exact) mass is 353 g/mol. The standard InChI is InChI=1S/C15H17BrFN3O/c1-2-18-13-5-3-4-11(13)15-19-14(20-21-15)10-7-6-9(17)8-12(10)16/h6-8,11,13,18H,2-5H2,1H3. The molecule has 1 aromatic carbocycles. The summed E-state index contributed by atoms with van der Waals surface area (Å²) in [6, 6.07) is 4.86. The topological polar surface area (TPSA) is 51.0 Å². The number of hydrogen-bond donors (Lipinski definition) is 1. The van der Waals surface area contributed by atoms with E-state index in [1.807, 2.05) is 0 Å². The van der Waals surface area contributed by atoms with Gasteiger partial charge < -0.3 is 9.84 Å². The van der Waals surface area contributed by atoms with Gasteiger partial charge in [-0.3, -0.25) is 0 Å². The molecule has 0 radical (unpaired) electrons. The number of benzene rings is 1. The van der Waals surface area contributed by atoms with Gasteiger partial charge in [-0.2, -0.15) is 4.98 Å². The number of hydrogen-bond acceptors (Lipinski definition) is 4. The molecule has 1 fully saturated rings.